The minimum absolute atomic E-state index is 0.0217. The van der Waals surface area contributed by atoms with Gasteiger partial charge in [-0.2, -0.15) is 10.4 Å². The molecule has 0 unspecified atom stereocenters. The van der Waals surface area contributed by atoms with Gasteiger partial charge in [-0.15, -0.1) is 13.2 Å². The Hall–Kier alpha value is -3.97. The van der Waals surface area contributed by atoms with Crippen LogP contribution >= 0.6 is 0 Å². The number of imidazole rings is 1. The van der Waals surface area contributed by atoms with Gasteiger partial charge in [-0.05, 0) is 19.8 Å². The Morgan fingerprint density at radius 3 is 2.86 bits per heavy atom. The lowest BCUT2D eigenvalue weighted by molar-refractivity contribution is -0.330. The number of hydrogen-bond donors (Lipinski definition) is 3. The van der Waals surface area contributed by atoms with E-state index in [-0.39, 0.29) is 46.6 Å². The molecule has 1 aliphatic carbocycles. The zero-order chi connectivity index (χ0) is 26.4. The van der Waals surface area contributed by atoms with Crippen LogP contribution in [-0.2, 0) is 20.8 Å². The van der Waals surface area contributed by atoms with Crippen molar-refractivity contribution in [3.8, 4) is 6.07 Å². The maximum Gasteiger partial charge on any atom is 0.522 e. The van der Waals surface area contributed by atoms with Crippen LogP contribution in [0.15, 0.2) is 18.3 Å². The summed E-state index contributed by atoms with van der Waals surface area (Å²) in [6.07, 6.45) is -6.49. The zero-order valence-electron chi connectivity index (χ0n) is 19.2. The van der Waals surface area contributed by atoms with E-state index in [4.69, 9.17) is 9.47 Å². The molecule has 0 aromatic carbocycles. The first-order valence-corrected chi connectivity index (χ1v) is 11.1. The molecule has 3 aromatic heterocycles. The van der Waals surface area contributed by atoms with Gasteiger partial charge in [0.05, 0.1) is 24.6 Å². The summed E-state index contributed by atoms with van der Waals surface area (Å²) in [7, 11) is 0. The van der Waals surface area contributed by atoms with E-state index in [9.17, 15) is 27.6 Å². The van der Waals surface area contributed by atoms with Gasteiger partial charge in [0.1, 0.15) is 23.5 Å². The van der Waals surface area contributed by atoms with Gasteiger partial charge >= 0.3 is 12.5 Å². The highest BCUT2D eigenvalue weighted by atomic mass is 19.4. The van der Waals surface area contributed by atoms with Crippen molar-refractivity contribution in [3.05, 3.63) is 35.4 Å². The third-order valence-electron chi connectivity index (χ3n) is 5.89. The Labute approximate surface area is 205 Å². The minimum Gasteiger partial charge on any atom is -0.441 e. The summed E-state index contributed by atoms with van der Waals surface area (Å²) in [6, 6.07) is 4.57. The fourth-order valence-electron chi connectivity index (χ4n) is 3.73. The van der Waals surface area contributed by atoms with E-state index >= 15 is 0 Å². The van der Waals surface area contributed by atoms with Gasteiger partial charge in [-0.1, -0.05) is 0 Å². The highest BCUT2D eigenvalue weighted by molar-refractivity contribution is 5.69. The molecule has 4 heterocycles. The number of anilines is 2. The maximum atomic E-state index is 15.0. The molecule has 0 spiro atoms. The molecule has 3 atom stereocenters. The Kier molecular flexibility index (Phi) is 6.12. The fourth-order valence-corrected chi connectivity index (χ4v) is 3.73. The zero-order valence-corrected chi connectivity index (χ0v) is 19.2. The number of ether oxygens (including phenoxy) is 3. The van der Waals surface area contributed by atoms with E-state index in [0.717, 1.165) is 12.8 Å². The van der Waals surface area contributed by atoms with Crippen LogP contribution in [-0.4, -0.2) is 61.4 Å². The summed E-state index contributed by atoms with van der Waals surface area (Å²) < 4.78 is 68.0. The lowest BCUT2D eigenvalue weighted by Crippen LogP contribution is -2.39. The number of hydrogen-bond acceptors (Lipinski definition) is 9. The van der Waals surface area contributed by atoms with Crippen molar-refractivity contribution >= 4 is 23.5 Å². The number of nitrogens with one attached hydrogen (secondary N) is 3. The number of carbonyl (C=O) groups excluding carboxylic acids is 1. The number of H-pyrrole nitrogens is 1. The van der Waals surface area contributed by atoms with E-state index in [2.05, 4.69) is 35.5 Å². The van der Waals surface area contributed by atoms with Crippen LogP contribution in [0.25, 0.3) is 5.65 Å². The van der Waals surface area contributed by atoms with Gasteiger partial charge in [0, 0.05) is 23.9 Å². The van der Waals surface area contributed by atoms with E-state index in [1.165, 1.54) is 22.7 Å². The Balaban J connectivity index is 1.29. The minimum atomic E-state index is -4.84. The number of carbonyl (C=O) groups is 1. The summed E-state index contributed by atoms with van der Waals surface area (Å²) in [5, 5.41) is 21.5. The molecule has 5 rings (SSSR count). The van der Waals surface area contributed by atoms with E-state index in [0.29, 0.717) is 0 Å². The largest absolute Gasteiger partial charge is 0.522 e. The number of aromatic nitrogens is 5. The number of aromatic amines is 1. The molecule has 3 aromatic rings. The molecule has 1 aliphatic heterocycles. The summed E-state index contributed by atoms with van der Waals surface area (Å²) in [5.74, 6) is 0.175. The van der Waals surface area contributed by atoms with Crippen molar-refractivity contribution < 1.29 is 36.6 Å². The number of alkyl halides is 4. The first kappa shape index (κ1) is 24.7. The molecule has 2 fully saturated rings. The van der Waals surface area contributed by atoms with Crippen LogP contribution in [0.1, 0.15) is 43.0 Å². The summed E-state index contributed by atoms with van der Waals surface area (Å²) in [5.41, 5.74) is -0.0265. The van der Waals surface area contributed by atoms with Crippen molar-refractivity contribution in [2.24, 2.45) is 0 Å². The van der Waals surface area contributed by atoms with E-state index in [1.54, 1.807) is 0 Å². The van der Waals surface area contributed by atoms with Crippen molar-refractivity contribution in [1.82, 2.24) is 29.9 Å². The number of alkyl carbamates (subject to hydrolysis) is 1. The summed E-state index contributed by atoms with van der Waals surface area (Å²) >= 11 is 0. The number of fused-ring (bicyclic) bond motifs is 1. The van der Waals surface area contributed by atoms with Crippen LogP contribution in [0.3, 0.4) is 0 Å². The molecule has 0 radical (unpaired) electrons. The van der Waals surface area contributed by atoms with Crippen LogP contribution < -0.4 is 10.6 Å². The van der Waals surface area contributed by atoms with Crippen LogP contribution in [0.5, 0.6) is 0 Å². The standard InChI is InChI=1S/C21H20F4N8O4/c1-20(2-3-20)30-19(34)37-13-9-35-17(16(13)22)12-5-14(32-31-12)29-18-28-10(6-26)4-15-27-11(7-33(15)18)8-36-21(23,24)25/h4-5,7,13,16-17H,2-3,8-9H2,1H3,(H,30,34)(H2,28,29,31,32)/t13-,16-,17-/m1/s1. The lowest BCUT2D eigenvalue weighted by Gasteiger charge is -2.17. The molecule has 0 bridgehead atoms. The van der Waals surface area contributed by atoms with Gasteiger partial charge in [0.2, 0.25) is 5.95 Å². The van der Waals surface area contributed by atoms with Crippen LogP contribution in [0.2, 0.25) is 0 Å². The topological polar surface area (TPSA) is 151 Å². The van der Waals surface area contributed by atoms with Gasteiger partial charge in [0.25, 0.3) is 0 Å². The van der Waals surface area contributed by atoms with Crippen molar-refractivity contribution in [1.29, 1.82) is 5.26 Å². The molecule has 1 amide bonds. The number of nitriles is 1. The fraction of sp³-hybridized carbons (Fsp3) is 0.476. The average molecular weight is 524 g/mol. The molecular formula is C21H20F4N8O4. The molecule has 12 nitrogen and oxygen atoms in total. The van der Waals surface area contributed by atoms with Gasteiger partial charge in [-0.3, -0.25) is 14.2 Å². The van der Waals surface area contributed by atoms with E-state index in [1.807, 2.05) is 13.0 Å². The Morgan fingerprint density at radius 2 is 2.16 bits per heavy atom. The first-order valence-electron chi connectivity index (χ1n) is 11.1. The second-order valence-electron chi connectivity index (χ2n) is 8.93. The number of rotatable bonds is 7. The van der Waals surface area contributed by atoms with Crippen molar-refractivity contribution in [2.75, 3.05) is 11.9 Å². The summed E-state index contributed by atoms with van der Waals surface area (Å²) in [6.45, 7) is 0.878. The second-order valence-corrected chi connectivity index (χ2v) is 8.93. The Morgan fingerprint density at radius 1 is 1.38 bits per heavy atom. The molecule has 37 heavy (non-hydrogen) atoms. The molecule has 2 aliphatic rings. The molecule has 3 N–H and O–H groups in total. The molecule has 1 saturated carbocycles. The smallest absolute Gasteiger partial charge is 0.441 e. The monoisotopic (exact) mass is 524 g/mol. The Bertz CT molecular complexity index is 1360. The highest BCUT2D eigenvalue weighted by Gasteiger charge is 2.44. The predicted molar refractivity (Wildman–Crippen MR) is 115 cm³/mol. The maximum absolute atomic E-state index is 15.0. The third kappa shape index (κ3) is 5.57. The number of nitrogens with zero attached hydrogens (tertiary/aromatic N) is 5. The summed E-state index contributed by atoms with van der Waals surface area (Å²) in [4.78, 5) is 20.1. The molecule has 196 valence electrons. The lowest BCUT2D eigenvalue weighted by atomic mass is 10.1. The SMILES string of the molecule is CC1(NC(=O)O[C@@H]2CO[C@H](c3cc(Nc4nc(C#N)cc5nc(COC(F)(F)F)cn45)n[nH]3)[C@@H]2F)CC1. The predicted octanol–water partition coefficient (Wildman–Crippen LogP) is 3.16. The normalized spacial score (nSPS) is 22.5. The quantitative estimate of drug-likeness (QED) is 0.396. The van der Waals surface area contributed by atoms with Gasteiger partial charge in [0.15, 0.2) is 18.1 Å². The van der Waals surface area contributed by atoms with Crippen LogP contribution in [0, 0.1) is 11.3 Å². The number of halogens is 4. The third-order valence-corrected chi connectivity index (χ3v) is 5.89. The molecular weight excluding hydrogens is 504 g/mol. The van der Waals surface area contributed by atoms with Gasteiger partial charge in [-0.25, -0.2) is 19.2 Å². The second kappa shape index (κ2) is 9.16. The van der Waals surface area contributed by atoms with Crippen LogP contribution in [0.4, 0.5) is 34.1 Å². The van der Waals surface area contributed by atoms with Crippen molar-refractivity contribution in [3.63, 3.8) is 0 Å². The highest BCUT2D eigenvalue weighted by Crippen LogP contribution is 2.36. The van der Waals surface area contributed by atoms with Crippen molar-refractivity contribution in [2.45, 2.75) is 56.7 Å². The molecule has 16 heteroatoms. The van der Waals surface area contributed by atoms with E-state index < -0.39 is 37.4 Å². The van der Waals surface area contributed by atoms with Gasteiger partial charge < -0.3 is 20.1 Å². The molecule has 1 saturated heterocycles. The first-order chi connectivity index (χ1) is 17.5. The number of amides is 1. The average Bonchev–Trinajstić information content (AvgIpc) is 3.19.